The summed E-state index contributed by atoms with van der Waals surface area (Å²) in [4.78, 5) is 22.8. The quantitative estimate of drug-likeness (QED) is 0.424. The summed E-state index contributed by atoms with van der Waals surface area (Å²) in [6.07, 6.45) is 5.00. The van der Waals surface area contributed by atoms with E-state index < -0.39 is 5.97 Å². The molecule has 0 bridgehead atoms. The molecular formula is C24H23ClN4O2. The molecule has 2 aromatic heterocycles. The molecular weight excluding hydrogens is 412 g/mol. The van der Waals surface area contributed by atoms with Crippen molar-refractivity contribution in [2.24, 2.45) is 0 Å². The fraction of sp³-hybridized carbons (Fsp3) is 0.292. The molecule has 1 aliphatic carbocycles. The second-order valence-electron chi connectivity index (χ2n) is 8.08. The highest BCUT2D eigenvalue weighted by Gasteiger charge is 2.28. The summed E-state index contributed by atoms with van der Waals surface area (Å²) in [5.74, 6) is -0.193. The SMILES string of the molecule is Cc1ccc(-n2c(N)c(C(=O)OC3CCCCC3)c3nc4ccccc4nc32)cc1Cl. The minimum atomic E-state index is -0.448. The zero-order chi connectivity index (χ0) is 21.5. The number of hydrogen-bond donors (Lipinski definition) is 1. The second-order valence-corrected chi connectivity index (χ2v) is 8.49. The highest BCUT2D eigenvalue weighted by Crippen LogP contribution is 2.33. The molecule has 31 heavy (non-hydrogen) atoms. The number of rotatable bonds is 3. The number of halogens is 1. The maximum Gasteiger partial charge on any atom is 0.344 e. The summed E-state index contributed by atoms with van der Waals surface area (Å²) in [7, 11) is 0. The predicted molar refractivity (Wildman–Crippen MR) is 123 cm³/mol. The van der Waals surface area contributed by atoms with E-state index in [1.807, 2.05) is 49.4 Å². The first-order valence-electron chi connectivity index (χ1n) is 10.6. The van der Waals surface area contributed by atoms with Gasteiger partial charge in [0.15, 0.2) is 5.65 Å². The molecule has 1 fully saturated rings. The molecule has 2 heterocycles. The van der Waals surface area contributed by atoms with E-state index in [0.29, 0.717) is 21.7 Å². The largest absolute Gasteiger partial charge is 0.459 e. The van der Waals surface area contributed by atoms with Gasteiger partial charge in [-0.25, -0.2) is 14.8 Å². The van der Waals surface area contributed by atoms with Crippen LogP contribution in [0.5, 0.6) is 0 Å². The first-order valence-corrected chi connectivity index (χ1v) is 10.9. The summed E-state index contributed by atoms with van der Waals surface area (Å²) in [5, 5.41) is 0.610. The smallest absolute Gasteiger partial charge is 0.344 e. The standard InChI is InChI=1S/C24H23ClN4O2/c1-14-11-12-15(13-17(14)25)29-22(26)20(24(30)31-16-7-3-2-4-8-16)21-23(29)28-19-10-6-5-9-18(19)27-21/h5-6,9-13,16H,2-4,7-8,26H2,1H3. The Bertz CT molecular complexity index is 1310. The molecule has 1 saturated carbocycles. The summed E-state index contributed by atoms with van der Waals surface area (Å²) >= 11 is 6.38. The van der Waals surface area contributed by atoms with E-state index >= 15 is 0 Å². The van der Waals surface area contributed by atoms with E-state index in [2.05, 4.69) is 0 Å². The Morgan fingerprint density at radius 2 is 1.81 bits per heavy atom. The van der Waals surface area contributed by atoms with Crippen LogP contribution in [0.4, 0.5) is 5.82 Å². The number of para-hydroxylation sites is 2. The number of ether oxygens (including phenoxy) is 1. The summed E-state index contributed by atoms with van der Waals surface area (Å²) in [6.45, 7) is 1.93. The van der Waals surface area contributed by atoms with Gasteiger partial charge in [-0.1, -0.05) is 36.2 Å². The molecule has 7 heteroatoms. The van der Waals surface area contributed by atoms with E-state index in [4.69, 9.17) is 32.0 Å². The number of nitrogens with two attached hydrogens (primary N) is 1. The number of benzene rings is 2. The first kappa shape index (κ1) is 19.8. The Kier molecular flexibility index (Phi) is 5.02. The van der Waals surface area contributed by atoms with Gasteiger partial charge in [0.25, 0.3) is 0 Å². The maximum absolute atomic E-state index is 13.2. The third-order valence-electron chi connectivity index (χ3n) is 5.94. The van der Waals surface area contributed by atoms with Crippen LogP contribution in [-0.4, -0.2) is 26.6 Å². The van der Waals surface area contributed by atoms with Gasteiger partial charge < -0.3 is 10.5 Å². The number of carbonyl (C=O) groups is 1. The number of esters is 1. The summed E-state index contributed by atoms with van der Waals surface area (Å²) in [6, 6.07) is 13.2. The highest BCUT2D eigenvalue weighted by molar-refractivity contribution is 6.31. The first-order chi connectivity index (χ1) is 15.0. The van der Waals surface area contributed by atoms with Gasteiger partial charge in [0.1, 0.15) is 23.0 Å². The lowest BCUT2D eigenvalue weighted by Crippen LogP contribution is -2.21. The van der Waals surface area contributed by atoms with Gasteiger partial charge in [-0.15, -0.1) is 0 Å². The molecule has 0 saturated heterocycles. The van der Waals surface area contributed by atoms with E-state index in [1.54, 1.807) is 4.57 Å². The van der Waals surface area contributed by atoms with Crippen LogP contribution in [0.3, 0.4) is 0 Å². The number of nitrogen functional groups attached to an aromatic ring is 1. The van der Waals surface area contributed by atoms with Crippen LogP contribution in [0.25, 0.3) is 27.9 Å². The molecule has 0 radical (unpaired) electrons. The van der Waals surface area contributed by atoms with Crippen molar-refractivity contribution >= 4 is 45.6 Å². The lowest BCUT2D eigenvalue weighted by molar-refractivity contribution is 0.0214. The van der Waals surface area contributed by atoms with Crippen molar-refractivity contribution in [3.63, 3.8) is 0 Å². The summed E-state index contributed by atoms with van der Waals surface area (Å²) < 4.78 is 7.58. The monoisotopic (exact) mass is 434 g/mol. The molecule has 2 aromatic carbocycles. The van der Waals surface area contributed by atoms with Crippen LogP contribution in [0.2, 0.25) is 5.02 Å². The number of aryl methyl sites for hydroxylation is 1. The zero-order valence-corrected chi connectivity index (χ0v) is 18.0. The number of hydrogen-bond acceptors (Lipinski definition) is 5. The van der Waals surface area contributed by atoms with Crippen LogP contribution in [0.1, 0.15) is 48.0 Å². The third kappa shape index (κ3) is 3.51. The van der Waals surface area contributed by atoms with Crippen molar-refractivity contribution in [2.45, 2.75) is 45.1 Å². The van der Waals surface area contributed by atoms with E-state index in [1.165, 1.54) is 6.42 Å². The Morgan fingerprint density at radius 3 is 2.52 bits per heavy atom. The van der Waals surface area contributed by atoms with Crippen molar-refractivity contribution < 1.29 is 9.53 Å². The van der Waals surface area contributed by atoms with Gasteiger partial charge in [-0.2, -0.15) is 0 Å². The fourth-order valence-corrected chi connectivity index (χ4v) is 4.41. The molecule has 2 N–H and O–H groups in total. The minimum Gasteiger partial charge on any atom is -0.459 e. The Labute approximate surface area is 185 Å². The molecule has 0 atom stereocenters. The number of fused-ring (bicyclic) bond motifs is 2. The molecule has 6 nitrogen and oxygen atoms in total. The lowest BCUT2D eigenvalue weighted by Gasteiger charge is -2.21. The molecule has 4 aromatic rings. The Hall–Kier alpha value is -3.12. The Morgan fingerprint density at radius 1 is 1.10 bits per heavy atom. The summed E-state index contributed by atoms with van der Waals surface area (Å²) in [5.41, 5.74) is 10.8. The fourth-order valence-electron chi connectivity index (χ4n) is 4.24. The lowest BCUT2D eigenvalue weighted by atomic mass is 9.98. The molecule has 158 valence electrons. The van der Waals surface area contributed by atoms with Crippen LogP contribution >= 0.6 is 11.6 Å². The number of anilines is 1. The van der Waals surface area contributed by atoms with Gasteiger partial charge in [-0.3, -0.25) is 4.57 Å². The van der Waals surface area contributed by atoms with Crippen LogP contribution < -0.4 is 5.73 Å². The number of aromatic nitrogens is 3. The molecule has 1 aliphatic rings. The van der Waals surface area contributed by atoms with Crippen LogP contribution in [-0.2, 0) is 4.74 Å². The number of nitrogens with zero attached hydrogens (tertiary/aromatic N) is 3. The van der Waals surface area contributed by atoms with Gasteiger partial charge in [0.05, 0.1) is 16.7 Å². The van der Waals surface area contributed by atoms with Gasteiger partial charge in [0, 0.05) is 5.02 Å². The zero-order valence-electron chi connectivity index (χ0n) is 17.3. The second kappa shape index (κ2) is 7.85. The average molecular weight is 435 g/mol. The molecule has 0 unspecified atom stereocenters. The third-order valence-corrected chi connectivity index (χ3v) is 6.35. The van der Waals surface area contributed by atoms with Crippen molar-refractivity contribution in [2.75, 3.05) is 5.73 Å². The van der Waals surface area contributed by atoms with Crippen molar-refractivity contribution in [3.8, 4) is 5.69 Å². The predicted octanol–water partition coefficient (Wildman–Crippen LogP) is 5.61. The molecule has 0 amide bonds. The van der Waals surface area contributed by atoms with E-state index in [0.717, 1.165) is 42.5 Å². The van der Waals surface area contributed by atoms with Gasteiger partial charge in [-0.05, 0) is 62.4 Å². The molecule has 0 spiro atoms. The Balaban J connectivity index is 1.72. The van der Waals surface area contributed by atoms with Crippen LogP contribution in [0, 0.1) is 6.92 Å². The van der Waals surface area contributed by atoms with Crippen molar-refractivity contribution in [1.29, 1.82) is 0 Å². The van der Waals surface area contributed by atoms with Crippen LogP contribution in [0.15, 0.2) is 42.5 Å². The van der Waals surface area contributed by atoms with Crippen molar-refractivity contribution in [3.05, 3.63) is 58.6 Å². The van der Waals surface area contributed by atoms with E-state index in [-0.39, 0.29) is 17.5 Å². The van der Waals surface area contributed by atoms with Gasteiger partial charge >= 0.3 is 5.97 Å². The molecule has 5 rings (SSSR count). The molecule has 0 aliphatic heterocycles. The number of carbonyl (C=O) groups excluding carboxylic acids is 1. The van der Waals surface area contributed by atoms with Gasteiger partial charge in [0.2, 0.25) is 0 Å². The maximum atomic E-state index is 13.2. The average Bonchev–Trinajstić information content (AvgIpc) is 3.05. The van der Waals surface area contributed by atoms with Crippen molar-refractivity contribution in [1.82, 2.24) is 14.5 Å². The minimum absolute atomic E-state index is 0.0821. The normalized spacial score (nSPS) is 14.9. The highest BCUT2D eigenvalue weighted by atomic mass is 35.5. The topological polar surface area (TPSA) is 83.0 Å². The van der Waals surface area contributed by atoms with E-state index in [9.17, 15) is 4.79 Å².